The molecular formula is C23H31N3O3. The maximum atomic E-state index is 12.6. The fourth-order valence-corrected chi connectivity index (χ4v) is 3.69. The van der Waals surface area contributed by atoms with E-state index in [2.05, 4.69) is 28.5 Å². The molecule has 0 spiro atoms. The number of rotatable bonds is 9. The van der Waals surface area contributed by atoms with E-state index in [0.29, 0.717) is 24.6 Å². The fourth-order valence-electron chi connectivity index (χ4n) is 3.69. The molecule has 1 aliphatic heterocycles. The van der Waals surface area contributed by atoms with Crippen molar-refractivity contribution in [3.8, 4) is 11.5 Å². The number of para-hydroxylation sites is 3. The number of carbonyl (C=O) groups is 1. The first-order chi connectivity index (χ1) is 14.2. The van der Waals surface area contributed by atoms with Crippen LogP contribution in [0, 0.1) is 0 Å². The lowest BCUT2D eigenvalue weighted by Gasteiger charge is -2.29. The number of ether oxygens (including phenoxy) is 2. The molecule has 6 heteroatoms. The Morgan fingerprint density at radius 3 is 2.48 bits per heavy atom. The van der Waals surface area contributed by atoms with Crippen molar-refractivity contribution in [3.05, 3.63) is 54.1 Å². The lowest BCUT2D eigenvalue weighted by atomic mass is 10.0. The van der Waals surface area contributed by atoms with Crippen LogP contribution in [-0.2, 0) is 0 Å². The van der Waals surface area contributed by atoms with Gasteiger partial charge in [-0.05, 0) is 50.6 Å². The summed E-state index contributed by atoms with van der Waals surface area (Å²) in [5, 5.41) is 5.96. The zero-order valence-electron chi connectivity index (χ0n) is 17.3. The van der Waals surface area contributed by atoms with Gasteiger partial charge in [-0.3, -0.25) is 4.90 Å². The van der Waals surface area contributed by atoms with Gasteiger partial charge in [0.15, 0.2) is 0 Å². The highest BCUT2D eigenvalue weighted by atomic mass is 16.5. The van der Waals surface area contributed by atoms with Crippen molar-refractivity contribution in [2.75, 3.05) is 38.7 Å². The first-order valence-corrected chi connectivity index (χ1v) is 10.4. The first kappa shape index (κ1) is 21.0. The number of hydrogen-bond donors (Lipinski definition) is 2. The number of likely N-dealkylation sites (tertiary alicyclic amines) is 1. The van der Waals surface area contributed by atoms with Crippen molar-refractivity contribution in [1.29, 1.82) is 0 Å². The number of benzene rings is 2. The second-order valence-corrected chi connectivity index (χ2v) is 7.18. The largest absolute Gasteiger partial charge is 0.496 e. The van der Waals surface area contributed by atoms with Crippen molar-refractivity contribution in [2.45, 2.75) is 32.2 Å². The van der Waals surface area contributed by atoms with Crippen LogP contribution in [0.2, 0.25) is 0 Å². The average Bonchev–Trinajstić information content (AvgIpc) is 3.28. The van der Waals surface area contributed by atoms with Crippen molar-refractivity contribution in [2.24, 2.45) is 0 Å². The zero-order chi connectivity index (χ0) is 20.5. The van der Waals surface area contributed by atoms with Gasteiger partial charge >= 0.3 is 6.03 Å². The molecule has 2 aromatic rings. The maximum Gasteiger partial charge on any atom is 0.319 e. The van der Waals surface area contributed by atoms with Gasteiger partial charge in [-0.25, -0.2) is 4.79 Å². The second kappa shape index (κ2) is 10.7. The summed E-state index contributed by atoms with van der Waals surface area (Å²) in [5.74, 6) is 1.54. The normalized spacial score (nSPS) is 15.0. The maximum absolute atomic E-state index is 12.6. The minimum absolute atomic E-state index is 0.0750. The molecule has 1 saturated heterocycles. The highest BCUT2D eigenvalue weighted by molar-refractivity contribution is 5.90. The lowest BCUT2D eigenvalue weighted by Crippen LogP contribution is -2.38. The molecule has 6 nitrogen and oxygen atoms in total. The average molecular weight is 398 g/mol. The number of carbonyl (C=O) groups excluding carboxylic acids is 1. The Morgan fingerprint density at radius 1 is 1.07 bits per heavy atom. The monoisotopic (exact) mass is 397 g/mol. The molecule has 1 unspecified atom stereocenters. The van der Waals surface area contributed by atoms with Crippen LogP contribution in [0.5, 0.6) is 11.5 Å². The van der Waals surface area contributed by atoms with Crippen molar-refractivity contribution in [1.82, 2.24) is 10.2 Å². The van der Waals surface area contributed by atoms with E-state index in [0.717, 1.165) is 30.8 Å². The summed E-state index contributed by atoms with van der Waals surface area (Å²) in [4.78, 5) is 15.0. The number of anilines is 1. The van der Waals surface area contributed by atoms with Crippen LogP contribution in [0.25, 0.3) is 0 Å². The lowest BCUT2D eigenvalue weighted by molar-refractivity contribution is 0.224. The topological polar surface area (TPSA) is 62.8 Å². The van der Waals surface area contributed by atoms with E-state index < -0.39 is 0 Å². The molecular weight excluding hydrogens is 366 g/mol. The van der Waals surface area contributed by atoms with Gasteiger partial charge in [0.25, 0.3) is 0 Å². The SMILES string of the molecule is CCCOc1ccccc1NC(=O)NCC(c1ccccc1OC)N1CCCC1. The smallest absolute Gasteiger partial charge is 0.319 e. The Bertz CT molecular complexity index is 790. The number of nitrogens with zero attached hydrogens (tertiary/aromatic N) is 1. The molecule has 1 atom stereocenters. The molecule has 1 heterocycles. The molecule has 2 N–H and O–H groups in total. The van der Waals surface area contributed by atoms with E-state index in [-0.39, 0.29) is 12.1 Å². The van der Waals surface area contributed by atoms with Crippen molar-refractivity contribution in [3.63, 3.8) is 0 Å². The van der Waals surface area contributed by atoms with E-state index in [9.17, 15) is 4.79 Å². The molecule has 3 rings (SSSR count). The third kappa shape index (κ3) is 5.64. The summed E-state index contributed by atoms with van der Waals surface area (Å²) in [7, 11) is 1.69. The number of amides is 2. The molecule has 0 aliphatic carbocycles. The highest BCUT2D eigenvalue weighted by Gasteiger charge is 2.26. The van der Waals surface area contributed by atoms with Crippen LogP contribution in [-0.4, -0.2) is 44.3 Å². The Labute approximate surface area is 173 Å². The van der Waals surface area contributed by atoms with Crippen molar-refractivity contribution < 1.29 is 14.3 Å². The van der Waals surface area contributed by atoms with E-state index in [1.807, 2.05) is 42.5 Å². The summed E-state index contributed by atoms with van der Waals surface area (Å²) < 4.78 is 11.3. The van der Waals surface area contributed by atoms with Gasteiger partial charge in [0.2, 0.25) is 0 Å². The Morgan fingerprint density at radius 2 is 1.76 bits per heavy atom. The molecule has 1 aliphatic rings. The van der Waals surface area contributed by atoms with E-state index in [4.69, 9.17) is 9.47 Å². The quantitative estimate of drug-likeness (QED) is 0.657. The zero-order valence-corrected chi connectivity index (χ0v) is 17.3. The van der Waals surface area contributed by atoms with Gasteiger partial charge in [0.1, 0.15) is 11.5 Å². The summed E-state index contributed by atoms with van der Waals surface area (Å²) in [5.41, 5.74) is 1.78. The van der Waals surface area contributed by atoms with Crippen molar-refractivity contribution >= 4 is 11.7 Å². The van der Waals surface area contributed by atoms with Gasteiger partial charge in [-0.1, -0.05) is 37.3 Å². The molecule has 2 aromatic carbocycles. The number of methoxy groups -OCH3 is 1. The van der Waals surface area contributed by atoms with Gasteiger partial charge < -0.3 is 20.1 Å². The van der Waals surface area contributed by atoms with Crippen LogP contribution in [0.1, 0.15) is 37.8 Å². The number of urea groups is 1. The molecule has 0 radical (unpaired) electrons. The highest BCUT2D eigenvalue weighted by Crippen LogP contribution is 2.31. The molecule has 0 bridgehead atoms. The summed E-state index contributed by atoms with van der Waals surface area (Å²) >= 11 is 0. The standard InChI is InChI=1S/C23H31N3O3/c1-3-16-29-22-13-7-5-11-19(22)25-23(27)24-17-20(26-14-8-9-15-26)18-10-4-6-12-21(18)28-2/h4-7,10-13,20H,3,8-9,14-17H2,1-2H3,(H2,24,25,27). The Balaban J connectivity index is 1.67. The third-order valence-corrected chi connectivity index (χ3v) is 5.13. The van der Waals surface area contributed by atoms with Crippen LogP contribution in [0.3, 0.4) is 0 Å². The molecule has 2 amide bonds. The molecule has 156 valence electrons. The molecule has 29 heavy (non-hydrogen) atoms. The minimum Gasteiger partial charge on any atom is -0.496 e. The summed E-state index contributed by atoms with van der Waals surface area (Å²) in [6.45, 7) is 5.23. The van der Waals surface area contributed by atoms with Gasteiger partial charge in [-0.2, -0.15) is 0 Å². The van der Waals surface area contributed by atoms with E-state index in [1.54, 1.807) is 7.11 Å². The van der Waals surface area contributed by atoms with E-state index >= 15 is 0 Å². The second-order valence-electron chi connectivity index (χ2n) is 7.18. The molecule has 0 saturated carbocycles. The summed E-state index contributed by atoms with van der Waals surface area (Å²) in [6, 6.07) is 15.4. The van der Waals surface area contributed by atoms with E-state index in [1.165, 1.54) is 12.8 Å². The minimum atomic E-state index is -0.239. The van der Waals surface area contributed by atoms with Crippen LogP contribution < -0.4 is 20.1 Å². The number of nitrogens with one attached hydrogen (secondary N) is 2. The van der Waals surface area contributed by atoms with Gasteiger partial charge in [0.05, 0.1) is 25.4 Å². The van der Waals surface area contributed by atoms with Crippen LogP contribution in [0.15, 0.2) is 48.5 Å². The Hall–Kier alpha value is -2.73. The predicted molar refractivity (Wildman–Crippen MR) is 116 cm³/mol. The Kier molecular flexibility index (Phi) is 7.76. The van der Waals surface area contributed by atoms with Crippen LogP contribution in [0.4, 0.5) is 10.5 Å². The third-order valence-electron chi connectivity index (χ3n) is 5.13. The van der Waals surface area contributed by atoms with Gasteiger partial charge in [-0.15, -0.1) is 0 Å². The predicted octanol–water partition coefficient (Wildman–Crippen LogP) is 4.44. The van der Waals surface area contributed by atoms with Gasteiger partial charge in [0, 0.05) is 12.1 Å². The molecule has 1 fully saturated rings. The summed E-state index contributed by atoms with van der Waals surface area (Å²) in [6.07, 6.45) is 3.27. The molecule has 0 aromatic heterocycles. The number of hydrogen-bond acceptors (Lipinski definition) is 4. The van der Waals surface area contributed by atoms with Crippen LogP contribution >= 0.6 is 0 Å². The first-order valence-electron chi connectivity index (χ1n) is 10.4. The fraction of sp³-hybridized carbons (Fsp3) is 0.435.